The number of nitrogens with zero attached hydrogens (tertiary/aromatic N) is 5. The van der Waals surface area contributed by atoms with Crippen LogP contribution < -0.4 is 5.73 Å². The van der Waals surface area contributed by atoms with E-state index in [0.29, 0.717) is 12.4 Å². The summed E-state index contributed by atoms with van der Waals surface area (Å²) in [7, 11) is 0. The average molecular weight is 360 g/mol. The number of aromatic nitrogens is 4. The van der Waals surface area contributed by atoms with Gasteiger partial charge < -0.3 is 10.6 Å². The number of amides is 1. The zero-order valence-electron chi connectivity index (χ0n) is 15.0. The van der Waals surface area contributed by atoms with Crippen molar-refractivity contribution in [3.63, 3.8) is 0 Å². The third-order valence-corrected chi connectivity index (χ3v) is 4.74. The highest BCUT2D eigenvalue weighted by Gasteiger charge is 2.29. The van der Waals surface area contributed by atoms with Crippen LogP contribution in [0.5, 0.6) is 0 Å². The zero-order valence-corrected chi connectivity index (χ0v) is 15.0. The summed E-state index contributed by atoms with van der Waals surface area (Å²) in [6.45, 7) is 3.25. The number of rotatable bonds is 3. The molecule has 1 atom stereocenters. The van der Waals surface area contributed by atoms with Gasteiger partial charge in [-0.15, -0.1) is 0 Å². The largest absolute Gasteiger partial charge is 0.368 e. The molecule has 4 rings (SSSR count). The summed E-state index contributed by atoms with van der Waals surface area (Å²) in [6.07, 6.45) is 4.20. The third-order valence-electron chi connectivity index (χ3n) is 4.74. The summed E-state index contributed by atoms with van der Waals surface area (Å²) in [4.78, 5) is 31.7. The SMILES string of the molecule is Cc1nc(-c2cnc(N)nc2)cc(C2CCN(C(=O)c3ccccc3)C2)n1. The number of nitrogen functional groups attached to an aromatic ring is 1. The Morgan fingerprint density at radius 1 is 1.15 bits per heavy atom. The van der Waals surface area contributed by atoms with Gasteiger partial charge in [-0.1, -0.05) is 18.2 Å². The molecule has 1 unspecified atom stereocenters. The van der Waals surface area contributed by atoms with Gasteiger partial charge in [-0.05, 0) is 31.5 Å². The van der Waals surface area contributed by atoms with Crippen molar-refractivity contribution >= 4 is 11.9 Å². The molecule has 0 bridgehead atoms. The number of hydrogen-bond acceptors (Lipinski definition) is 6. The molecule has 7 heteroatoms. The van der Waals surface area contributed by atoms with Gasteiger partial charge in [0, 0.05) is 48.2 Å². The number of benzene rings is 1. The molecule has 3 heterocycles. The van der Waals surface area contributed by atoms with Gasteiger partial charge in [0.25, 0.3) is 5.91 Å². The highest BCUT2D eigenvalue weighted by Crippen LogP contribution is 2.29. The van der Waals surface area contributed by atoms with Crippen LogP contribution in [0.1, 0.15) is 34.2 Å². The summed E-state index contributed by atoms with van der Waals surface area (Å²) >= 11 is 0. The Bertz CT molecular complexity index is 958. The second-order valence-electron chi connectivity index (χ2n) is 6.66. The van der Waals surface area contributed by atoms with Crippen molar-refractivity contribution in [2.24, 2.45) is 0 Å². The molecule has 0 radical (unpaired) electrons. The van der Waals surface area contributed by atoms with Crippen LogP contribution in [0.25, 0.3) is 11.3 Å². The molecule has 1 saturated heterocycles. The number of hydrogen-bond donors (Lipinski definition) is 1. The summed E-state index contributed by atoms with van der Waals surface area (Å²) in [5.41, 5.74) is 8.79. The monoisotopic (exact) mass is 360 g/mol. The Hall–Kier alpha value is -3.35. The lowest BCUT2D eigenvalue weighted by Crippen LogP contribution is -2.28. The maximum atomic E-state index is 12.7. The lowest BCUT2D eigenvalue weighted by atomic mass is 10.0. The number of aryl methyl sites for hydroxylation is 1. The highest BCUT2D eigenvalue weighted by atomic mass is 16.2. The van der Waals surface area contributed by atoms with Gasteiger partial charge in [-0.2, -0.15) is 0 Å². The minimum atomic E-state index is 0.0658. The second-order valence-corrected chi connectivity index (χ2v) is 6.66. The van der Waals surface area contributed by atoms with E-state index in [9.17, 15) is 4.79 Å². The fraction of sp³-hybridized carbons (Fsp3) is 0.250. The molecule has 1 aromatic carbocycles. The molecule has 27 heavy (non-hydrogen) atoms. The minimum absolute atomic E-state index is 0.0658. The molecule has 136 valence electrons. The van der Waals surface area contributed by atoms with Gasteiger partial charge in [-0.3, -0.25) is 4.79 Å². The van der Waals surface area contributed by atoms with E-state index in [4.69, 9.17) is 5.73 Å². The van der Waals surface area contributed by atoms with Crippen molar-refractivity contribution in [1.29, 1.82) is 0 Å². The number of carbonyl (C=O) groups excluding carboxylic acids is 1. The Kier molecular flexibility index (Phi) is 4.50. The van der Waals surface area contributed by atoms with Gasteiger partial charge in [0.1, 0.15) is 5.82 Å². The summed E-state index contributed by atoms with van der Waals surface area (Å²) in [5.74, 6) is 1.17. The maximum Gasteiger partial charge on any atom is 0.253 e. The minimum Gasteiger partial charge on any atom is -0.368 e. The van der Waals surface area contributed by atoms with Gasteiger partial charge in [-0.25, -0.2) is 19.9 Å². The predicted octanol–water partition coefficient (Wildman–Crippen LogP) is 2.45. The second kappa shape index (κ2) is 7.11. The number of carbonyl (C=O) groups is 1. The molecule has 1 aliphatic heterocycles. The van der Waals surface area contributed by atoms with E-state index in [0.717, 1.165) is 35.5 Å². The fourth-order valence-electron chi connectivity index (χ4n) is 3.37. The average Bonchev–Trinajstić information content (AvgIpc) is 3.18. The Balaban J connectivity index is 1.56. The van der Waals surface area contributed by atoms with Crippen LogP contribution in [0.15, 0.2) is 48.8 Å². The van der Waals surface area contributed by atoms with Gasteiger partial charge in [0.2, 0.25) is 5.95 Å². The van der Waals surface area contributed by atoms with E-state index in [-0.39, 0.29) is 17.8 Å². The van der Waals surface area contributed by atoms with Crippen molar-refractivity contribution in [2.75, 3.05) is 18.8 Å². The fourth-order valence-corrected chi connectivity index (χ4v) is 3.37. The molecule has 0 spiro atoms. The van der Waals surface area contributed by atoms with Crippen molar-refractivity contribution in [2.45, 2.75) is 19.3 Å². The molecular weight excluding hydrogens is 340 g/mol. The van der Waals surface area contributed by atoms with E-state index in [1.54, 1.807) is 12.4 Å². The van der Waals surface area contributed by atoms with Crippen LogP contribution in [0.2, 0.25) is 0 Å². The normalized spacial score (nSPS) is 16.5. The first-order valence-corrected chi connectivity index (χ1v) is 8.88. The smallest absolute Gasteiger partial charge is 0.253 e. The first-order chi connectivity index (χ1) is 13.1. The predicted molar refractivity (Wildman–Crippen MR) is 102 cm³/mol. The van der Waals surface area contributed by atoms with E-state index >= 15 is 0 Å². The maximum absolute atomic E-state index is 12.7. The number of likely N-dealkylation sites (tertiary alicyclic amines) is 1. The van der Waals surface area contributed by atoms with E-state index in [1.165, 1.54) is 0 Å². The van der Waals surface area contributed by atoms with Crippen LogP contribution in [0.4, 0.5) is 5.95 Å². The quantitative estimate of drug-likeness (QED) is 0.770. The molecule has 2 N–H and O–H groups in total. The van der Waals surface area contributed by atoms with Gasteiger partial charge >= 0.3 is 0 Å². The van der Waals surface area contributed by atoms with Crippen LogP contribution in [-0.2, 0) is 0 Å². The lowest BCUT2D eigenvalue weighted by Gasteiger charge is -2.17. The van der Waals surface area contributed by atoms with Crippen molar-refractivity contribution in [3.8, 4) is 11.3 Å². The Morgan fingerprint density at radius 3 is 2.63 bits per heavy atom. The summed E-state index contributed by atoms with van der Waals surface area (Å²) in [5, 5.41) is 0. The molecule has 2 aromatic heterocycles. The van der Waals surface area contributed by atoms with E-state index < -0.39 is 0 Å². The molecule has 1 amide bonds. The van der Waals surface area contributed by atoms with Crippen LogP contribution in [0, 0.1) is 6.92 Å². The standard InChI is InChI=1S/C20H20N6O/c1-13-24-17(9-18(25-13)16-10-22-20(21)23-11-16)15-7-8-26(12-15)19(27)14-5-3-2-4-6-14/h2-6,9-11,15H,7-8,12H2,1H3,(H2,21,22,23). The van der Waals surface area contributed by atoms with E-state index in [2.05, 4.69) is 19.9 Å². The topological polar surface area (TPSA) is 97.9 Å². The summed E-state index contributed by atoms with van der Waals surface area (Å²) in [6, 6.07) is 11.3. The van der Waals surface area contributed by atoms with Crippen LogP contribution in [-0.4, -0.2) is 43.8 Å². The Labute approximate surface area is 157 Å². The number of nitrogens with two attached hydrogens (primary N) is 1. The molecule has 3 aromatic rings. The van der Waals surface area contributed by atoms with Gasteiger partial charge in [0.15, 0.2) is 0 Å². The molecule has 7 nitrogen and oxygen atoms in total. The Morgan fingerprint density at radius 2 is 1.89 bits per heavy atom. The molecule has 0 aliphatic carbocycles. The van der Waals surface area contributed by atoms with Gasteiger partial charge in [0.05, 0.1) is 5.69 Å². The molecule has 1 aliphatic rings. The van der Waals surface area contributed by atoms with Crippen LogP contribution in [0.3, 0.4) is 0 Å². The molecule has 1 fully saturated rings. The lowest BCUT2D eigenvalue weighted by molar-refractivity contribution is 0.0790. The molecular formula is C20H20N6O. The van der Waals surface area contributed by atoms with Crippen molar-refractivity contribution < 1.29 is 4.79 Å². The first-order valence-electron chi connectivity index (χ1n) is 8.88. The van der Waals surface area contributed by atoms with Crippen molar-refractivity contribution in [1.82, 2.24) is 24.8 Å². The third kappa shape index (κ3) is 3.62. The molecule has 0 saturated carbocycles. The zero-order chi connectivity index (χ0) is 18.8. The van der Waals surface area contributed by atoms with Crippen molar-refractivity contribution in [3.05, 3.63) is 65.9 Å². The first kappa shape index (κ1) is 17.1. The summed E-state index contributed by atoms with van der Waals surface area (Å²) < 4.78 is 0. The number of anilines is 1. The van der Waals surface area contributed by atoms with E-state index in [1.807, 2.05) is 48.2 Å². The highest BCUT2D eigenvalue weighted by molar-refractivity contribution is 5.94. The van der Waals surface area contributed by atoms with Crippen LogP contribution >= 0.6 is 0 Å².